The van der Waals surface area contributed by atoms with Gasteiger partial charge in [0, 0.05) is 31.3 Å². The van der Waals surface area contributed by atoms with E-state index < -0.39 is 5.97 Å². The monoisotopic (exact) mass is 235 g/mol. The van der Waals surface area contributed by atoms with Gasteiger partial charge in [0.2, 0.25) is 0 Å². The Labute approximate surface area is 100 Å². The summed E-state index contributed by atoms with van der Waals surface area (Å²) < 4.78 is 0. The van der Waals surface area contributed by atoms with Crippen molar-refractivity contribution in [1.29, 1.82) is 0 Å². The number of hydrogen-bond donors (Lipinski definition) is 1. The van der Waals surface area contributed by atoms with Crippen molar-refractivity contribution in [3.63, 3.8) is 0 Å². The third-order valence-corrected chi connectivity index (χ3v) is 3.06. The maximum Gasteiger partial charge on any atom is 0.308 e. The van der Waals surface area contributed by atoms with Crippen molar-refractivity contribution in [1.82, 2.24) is 9.97 Å². The molecule has 0 aromatic carbocycles. The highest BCUT2D eigenvalue weighted by molar-refractivity contribution is 5.71. The number of carbonyl (C=O) groups is 1. The minimum atomic E-state index is -0.714. The highest BCUT2D eigenvalue weighted by atomic mass is 16.4. The number of rotatable bonds is 3. The van der Waals surface area contributed by atoms with E-state index in [1.165, 1.54) is 0 Å². The van der Waals surface area contributed by atoms with Crippen LogP contribution in [0.15, 0.2) is 6.07 Å². The van der Waals surface area contributed by atoms with Crippen molar-refractivity contribution < 1.29 is 9.90 Å². The molecule has 1 aromatic heterocycles. The molecule has 0 saturated carbocycles. The maximum atomic E-state index is 10.9. The quantitative estimate of drug-likeness (QED) is 0.854. The Kier molecular flexibility index (Phi) is 3.26. The zero-order valence-electron chi connectivity index (χ0n) is 10.2. The highest BCUT2D eigenvalue weighted by Gasteiger charge is 2.28. The predicted molar refractivity (Wildman–Crippen MR) is 64.1 cm³/mol. The van der Waals surface area contributed by atoms with Crippen LogP contribution < -0.4 is 4.90 Å². The van der Waals surface area contributed by atoms with Gasteiger partial charge in [-0.3, -0.25) is 4.79 Å². The van der Waals surface area contributed by atoms with Gasteiger partial charge >= 0.3 is 5.97 Å². The second-order valence-electron chi connectivity index (χ2n) is 4.41. The van der Waals surface area contributed by atoms with E-state index in [0.29, 0.717) is 13.0 Å². The number of hydrogen-bond acceptors (Lipinski definition) is 4. The molecule has 2 heterocycles. The van der Waals surface area contributed by atoms with Crippen LogP contribution >= 0.6 is 0 Å². The van der Waals surface area contributed by atoms with Gasteiger partial charge in [0.15, 0.2) is 0 Å². The molecule has 1 saturated heterocycles. The summed E-state index contributed by atoms with van der Waals surface area (Å²) in [4.78, 5) is 21.7. The molecule has 0 aliphatic carbocycles. The van der Waals surface area contributed by atoms with Gasteiger partial charge in [-0.1, -0.05) is 6.92 Å². The predicted octanol–water partition coefficient (Wildman–Crippen LogP) is 1.26. The Morgan fingerprint density at radius 3 is 2.94 bits per heavy atom. The number of aryl methyl sites for hydroxylation is 2. The lowest BCUT2D eigenvalue weighted by molar-refractivity contribution is -0.140. The number of anilines is 1. The minimum Gasteiger partial charge on any atom is -0.481 e. The largest absolute Gasteiger partial charge is 0.481 e. The molecule has 0 bridgehead atoms. The molecule has 1 fully saturated rings. The molecule has 1 aliphatic heterocycles. The molecule has 1 aliphatic rings. The van der Waals surface area contributed by atoms with Crippen LogP contribution in [0.5, 0.6) is 0 Å². The Morgan fingerprint density at radius 2 is 2.35 bits per heavy atom. The molecular formula is C12H17N3O2. The molecule has 92 valence electrons. The summed E-state index contributed by atoms with van der Waals surface area (Å²) >= 11 is 0. The SMILES string of the molecule is CCc1nc(C)cc(N2CCC(C(=O)O)C2)n1. The van der Waals surface area contributed by atoms with E-state index in [1.54, 1.807) is 0 Å². The van der Waals surface area contributed by atoms with E-state index in [9.17, 15) is 4.79 Å². The summed E-state index contributed by atoms with van der Waals surface area (Å²) in [6, 6.07) is 1.92. The van der Waals surface area contributed by atoms with Gasteiger partial charge in [-0.15, -0.1) is 0 Å². The van der Waals surface area contributed by atoms with E-state index in [0.717, 1.165) is 30.3 Å². The molecule has 5 nitrogen and oxygen atoms in total. The van der Waals surface area contributed by atoms with Gasteiger partial charge in [0.05, 0.1) is 5.92 Å². The lowest BCUT2D eigenvalue weighted by Gasteiger charge is -2.17. The fourth-order valence-electron chi connectivity index (χ4n) is 2.10. The van der Waals surface area contributed by atoms with Crippen LogP contribution in [0.3, 0.4) is 0 Å². The van der Waals surface area contributed by atoms with Crippen LogP contribution in [0, 0.1) is 12.8 Å². The number of carboxylic acid groups (broad SMARTS) is 1. The van der Waals surface area contributed by atoms with Gasteiger partial charge in [0.1, 0.15) is 11.6 Å². The summed E-state index contributed by atoms with van der Waals surface area (Å²) in [6.45, 7) is 5.27. The van der Waals surface area contributed by atoms with Crippen molar-refractivity contribution in [2.45, 2.75) is 26.7 Å². The molecular weight excluding hydrogens is 218 g/mol. The first kappa shape index (κ1) is 11.8. The average Bonchev–Trinajstić information content (AvgIpc) is 2.77. The summed E-state index contributed by atoms with van der Waals surface area (Å²) in [5, 5.41) is 8.97. The molecule has 0 spiro atoms. The van der Waals surface area contributed by atoms with Gasteiger partial charge in [-0.05, 0) is 13.3 Å². The molecule has 1 unspecified atom stereocenters. The Hall–Kier alpha value is -1.65. The van der Waals surface area contributed by atoms with Crippen LogP contribution in [0.4, 0.5) is 5.82 Å². The molecule has 17 heavy (non-hydrogen) atoms. The number of nitrogens with zero attached hydrogens (tertiary/aromatic N) is 3. The van der Waals surface area contributed by atoms with Gasteiger partial charge in [-0.2, -0.15) is 0 Å². The van der Waals surface area contributed by atoms with Crippen LogP contribution in [0.1, 0.15) is 24.9 Å². The van der Waals surface area contributed by atoms with Crippen molar-refractivity contribution in [3.8, 4) is 0 Å². The first-order valence-electron chi connectivity index (χ1n) is 5.92. The van der Waals surface area contributed by atoms with Gasteiger partial charge in [0.25, 0.3) is 0 Å². The molecule has 5 heteroatoms. The second kappa shape index (κ2) is 4.69. The normalized spacial score (nSPS) is 19.6. The Morgan fingerprint density at radius 1 is 1.59 bits per heavy atom. The third-order valence-electron chi connectivity index (χ3n) is 3.06. The van der Waals surface area contributed by atoms with E-state index >= 15 is 0 Å². The van der Waals surface area contributed by atoms with Crippen LogP contribution in [0.25, 0.3) is 0 Å². The zero-order chi connectivity index (χ0) is 12.4. The van der Waals surface area contributed by atoms with Crippen molar-refractivity contribution in [2.75, 3.05) is 18.0 Å². The fourth-order valence-corrected chi connectivity index (χ4v) is 2.10. The van der Waals surface area contributed by atoms with Crippen molar-refractivity contribution in [2.24, 2.45) is 5.92 Å². The highest BCUT2D eigenvalue weighted by Crippen LogP contribution is 2.22. The van der Waals surface area contributed by atoms with E-state index in [1.807, 2.05) is 24.8 Å². The summed E-state index contributed by atoms with van der Waals surface area (Å²) in [5.74, 6) is 0.696. The minimum absolute atomic E-state index is 0.268. The second-order valence-corrected chi connectivity index (χ2v) is 4.41. The topological polar surface area (TPSA) is 66.3 Å². The van der Waals surface area contributed by atoms with Crippen LogP contribution in [-0.2, 0) is 11.2 Å². The standard InChI is InChI=1S/C12H17N3O2/c1-3-10-13-8(2)6-11(14-10)15-5-4-9(7-15)12(16)17/h6,9H,3-5,7H2,1-2H3,(H,16,17). The van der Waals surface area contributed by atoms with E-state index in [2.05, 4.69) is 9.97 Å². The summed E-state index contributed by atoms with van der Waals surface area (Å²) in [7, 11) is 0. The number of aromatic nitrogens is 2. The van der Waals surface area contributed by atoms with Crippen molar-refractivity contribution in [3.05, 3.63) is 17.6 Å². The Bertz CT molecular complexity index is 434. The average molecular weight is 235 g/mol. The van der Waals surface area contributed by atoms with Gasteiger partial charge in [-0.25, -0.2) is 9.97 Å². The number of aliphatic carboxylic acids is 1. The smallest absolute Gasteiger partial charge is 0.308 e. The lowest BCUT2D eigenvalue weighted by atomic mass is 10.1. The maximum absolute atomic E-state index is 10.9. The molecule has 1 N–H and O–H groups in total. The lowest BCUT2D eigenvalue weighted by Crippen LogP contribution is -2.24. The summed E-state index contributed by atoms with van der Waals surface area (Å²) in [6.07, 6.45) is 1.49. The van der Waals surface area contributed by atoms with Gasteiger partial charge < -0.3 is 10.0 Å². The Balaban J connectivity index is 2.18. The van der Waals surface area contributed by atoms with Crippen LogP contribution in [-0.4, -0.2) is 34.1 Å². The molecule has 1 aromatic rings. The fraction of sp³-hybridized carbons (Fsp3) is 0.583. The third kappa shape index (κ3) is 2.54. The van der Waals surface area contributed by atoms with E-state index in [4.69, 9.17) is 5.11 Å². The molecule has 0 radical (unpaired) electrons. The van der Waals surface area contributed by atoms with Crippen LogP contribution in [0.2, 0.25) is 0 Å². The zero-order valence-corrected chi connectivity index (χ0v) is 10.2. The first-order chi connectivity index (χ1) is 8.10. The molecule has 0 amide bonds. The van der Waals surface area contributed by atoms with E-state index in [-0.39, 0.29) is 5.92 Å². The molecule has 2 rings (SSSR count). The summed E-state index contributed by atoms with van der Waals surface area (Å²) in [5.41, 5.74) is 0.936. The molecule has 1 atom stereocenters. The van der Waals surface area contributed by atoms with Crippen molar-refractivity contribution >= 4 is 11.8 Å². The first-order valence-corrected chi connectivity index (χ1v) is 5.92. The number of carboxylic acids is 1.